The quantitative estimate of drug-likeness (QED) is 0.852. The van der Waals surface area contributed by atoms with Crippen LogP contribution >= 0.6 is 11.3 Å². The van der Waals surface area contributed by atoms with Crippen molar-refractivity contribution in [2.75, 3.05) is 37.9 Å². The Morgan fingerprint density at radius 1 is 1.53 bits per heavy atom. The molecule has 0 saturated heterocycles. The number of ether oxygens (including phenoxy) is 1. The first kappa shape index (κ1) is 14.0. The largest absolute Gasteiger partial charge is 0.389 e. The summed E-state index contributed by atoms with van der Waals surface area (Å²) >= 11 is 1.58. The molecule has 0 amide bonds. The average Bonchev–Trinajstić information content (AvgIpc) is 2.68. The average molecular weight is 282 g/mol. The molecule has 1 unspecified atom stereocenters. The molecule has 0 spiro atoms. The molecular formula is C12H18N4O2S. The summed E-state index contributed by atoms with van der Waals surface area (Å²) in [7, 11) is 3.43. The number of thiophene rings is 1. The van der Waals surface area contributed by atoms with Gasteiger partial charge in [0.15, 0.2) is 0 Å². The fourth-order valence-corrected chi connectivity index (χ4v) is 2.86. The van der Waals surface area contributed by atoms with E-state index in [-0.39, 0.29) is 12.6 Å². The first-order valence-electron chi connectivity index (χ1n) is 5.93. The third kappa shape index (κ3) is 3.12. The number of nitrogen functional groups attached to an aromatic ring is 1. The van der Waals surface area contributed by atoms with Crippen LogP contribution in [0.2, 0.25) is 0 Å². The Kier molecular flexibility index (Phi) is 4.18. The normalized spacial score (nSPS) is 12.8. The van der Waals surface area contributed by atoms with E-state index in [4.69, 9.17) is 10.5 Å². The second kappa shape index (κ2) is 5.68. The molecule has 0 fully saturated rings. The molecule has 0 radical (unpaired) electrons. The van der Waals surface area contributed by atoms with Gasteiger partial charge in [-0.25, -0.2) is 4.98 Å². The van der Waals surface area contributed by atoms with Crippen LogP contribution in [0.25, 0.3) is 10.2 Å². The van der Waals surface area contributed by atoms with Gasteiger partial charge in [0.25, 0.3) is 0 Å². The lowest BCUT2D eigenvalue weighted by Gasteiger charge is -2.22. The van der Waals surface area contributed by atoms with E-state index >= 15 is 0 Å². The predicted octanol–water partition coefficient (Wildman–Crippen LogP) is 1.03. The Labute approximate surface area is 115 Å². The van der Waals surface area contributed by atoms with Crippen LogP contribution in [0.5, 0.6) is 0 Å². The molecule has 0 bridgehead atoms. The van der Waals surface area contributed by atoms with E-state index in [1.54, 1.807) is 18.4 Å². The SMILES string of the molecule is COCC(O)CN(C)c1nc(N)nc2sc(C)cc12. The third-order valence-electron chi connectivity index (χ3n) is 2.72. The lowest BCUT2D eigenvalue weighted by atomic mass is 10.3. The number of fused-ring (bicyclic) bond motifs is 1. The zero-order valence-corrected chi connectivity index (χ0v) is 12.1. The molecule has 1 atom stereocenters. The van der Waals surface area contributed by atoms with Crippen molar-refractivity contribution >= 4 is 33.3 Å². The van der Waals surface area contributed by atoms with Crippen LogP contribution in [0, 0.1) is 6.92 Å². The number of aliphatic hydroxyl groups is 1. The zero-order chi connectivity index (χ0) is 14.0. The topological polar surface area (TPSA) is 84.5 Å². The molecule has 2 rings (SSSR count). The monoisotopic (exact) mass is 282 g/mol. The summed E-state index contributed by atoms with van der Waals surface area (Å²) in [6.07, 6.45) is -0.569. The summed E-state index contributed by atoms with van der Waals surface area (Å²) in [6.45, 7) is 2.73. The molecule has 0 aromatic carbocycles. The lowest BCUT2D eigenvalue weighted by Crippen LogP contribution is -2.32. The van der Waals surface area contributed by atoms with Crippen LogP contribution in [0.1, 0.15) is 4.88 Å². The van der Waals surface area contributed by atoms with Crippen molar-refractivity contribution in [3.8, 4) is 0 Å². The van der Waals surface area contributed by atoms with E-state index in [1.807, 2.05) is 24.9 Å². The molecule has 0 aliphatic heterocycles. The van der Waals surface area contributed by atoms with E-state index < -0.39 is 6.10 Å². The van der Waals surface area contributed by atoms with E-state index in [0.29, 0.717) is 6.54 Å². The van der Waals surface area contributed by atoms with Gasteiger partial charge in [-0.05, 0) is 13.0 Å². The van der Waals surface area contributed by atoms with Crippen molar-refractivity contribution in [3.63, 3.8) is 0 Å². The maximum atomic E-state index is 9.79. The zero-order valence-electron chi connectivity index (χ0n) is 11.3. The van der Waals surface area contributed by atoms with Crippen molar-refractivity contribution in [3.05, 3.63) is 10.9 Å². The highest BCUT2D eigenvalue weighted by molar-refractivity contribution is 7.18. The number of aryl methyl sites for hydroxylation is 1. The highest BCUT2D eigenvalue weighted by atomic mass is 32.1. The minimum atomic E-state index is -0.569. The van der Waals surface area contributed by atoms with Gasteiger partial charge in [0, 0.05) is 25.6 Å². The Morgan fingerprint density at radius 3 is 2.95 bits per heavy atom. The maximum absolute atomic E-state index is 9.79. The molecular weight excluding hydrogens is 264 g/mol. The van der Waals surface area contributed by atoms with Gasteiger partial charge in [-0.15, -0.1) is 11.3 Å². The molecule has 7 heteroatoms. The Morgan fingerprint density at radius 2 is 2.26 bits per heavy atom. The standard InChI is InChI=1S/C12H18N4O2S/c1-7-4-9-10(14-12(13)15-11(9)19-7)16(2)5-8(17)6-18-3/h4,8,17H,5-6H2,1-3H3,(H2,13,14,15). The minimum Gasteiger partial charge on any atom is -0.389 e. The number of hydrogen-bond donors (Lipinski definition) is 2. The number of nitrogens with zero attached hydrogens (tertiary/aromatic N) is 3. The fraction of sp³-hybridized carbons (Fsp3) is 0.500. The molecule has 104 valence electrons. The highest BCUT2D eigenvalue weighted by Gasteiger charge is 2.15. The summed E-state index contributed by atoms with van der Waals surface area (Å²) < 4.78 is 4.92. The predicted molar refractivity (Wildman–Crippen MR) is 77.7 cm³/mol. The Bertz CT molecular complexity index is 572. The van der Waals surface area contributed by atoms with E-state index in [9.17, 15) is 5.11 Å². The first-order chi connectivity index (χ1) is 9.01. The number of aromatic nitrogens is 2. The number of hydrogen-bond acceptors (Lipinski definition) is 7. The number of methoxy groups -OCH3 is 1. The second-order valence-corrected chi connectivity index (χ2v) is 5.71. The molecule has 2 aromatic heterocycles. The van der Waals surface area contributed by atoms with Crippen LogP contribution in [-0.4, -0.2) is 48.5 Å². The van der Waals surface area contributed by atoms with Crippen molar-refractivity contribution in [1.29, 1.82) is 0 Å². The van der Waals surface area contributed by atoms with Gasteiger partial charge in [-0.1, -0.05) is 0 Å². The smallest absolute Gasteiger partial charge is 0.223 e. The van der Waals surface area contributed by atoms with Gasteiger partial charge in [0.2, 0.25) is 5.95 Å². The summed E-state index contributed by atoms with van der Waals surface area (Å²) in [5, 5.41) is 10.8. The summed E-state index contributed by atoms with van der Waals surface area (Å²) in [4.78, 5) is 12.4. The minimum absolute atomic E-state index is 0.248. The molecule has 19 heavy (non-hydrogen) atoms. The van der Waals surface area contributed by atoms with Gasteiger partial charge in [0.1, 0.15) is 10.6 Å². The number of nitrogens with two attached hydrogens (primary N) is 1. The van der Waals surface area contributed by atoms with E-state index in [0.717, 1.165) is 20.9 Å². The number of likely N-dealkylation sites (N-methyl/N-ethyl adjacent to an activating group) is 1. The van der Waals surface area contributed by atoms with Gasteiger partial charge in [0.05, 0.1) is 18.1 Å². The van der Waals surface area contributed by atoms with Crippen LogP contribution in [-0.2, 0) is 4.74 Å². The molecule has 0 aliphatic rings. The molecule has 3 N–H and O–H groups in total. The maximum Gasteiger partial charge on any atom is 0.223 e. The third-order valence-corrected chi connectivity index (χ3v) is 3.66. The number of rotatable bonds is 5. The van der Waals surface area contributed by atoms with Crippen LogP contribution < -0.4 is 10.6 Å². The van der Waals surface area contributed by atoms with Crippen molar-refractivity contribution in [1.82, 2.24) is 9.97 Å². The Balaban J connectivity index is 2.32. The molecule has 2 heterocycles. The molecule has 2 aromatic rings. The van der Waals surface area contributed by atoms with E-state index in [1.165, 1.54) is 0 Å². The van der Waals surface area contributed by atoms with E-state index in [2.05, 4.69) is 9.97 Å². The van der Waals surface area contributed by atoms with Crippen LogP contribution in [0.3, 0.4) is 0 Å². The van der Waals surface area contributed by atoms with Gasteiger partial charge in [-0.3, -0.25) is 0 Å². The number of anilines is 2. The van der Waals surface area contributed by atoms with Crippen molar-refractivity contribution < 1.29 is 9.84 Å². The fourth-order valence-electron chi connectivity index (χ4n) is 1.98. The Hall–Kier alpha value is -1.44. The van der Waals surface area contributed by atoms with Crippen LogP contribution in [0.15, 0.2) is 6.07 Å². The first-order valence-corrected chi connectivity index (χ1v) is 6.74. The van der Waals surface area contributed by atoms with Gasteiger partial charge in [-0.2, -0.15) is 4.98 Å². The van der Waals surface area contributed by atoms with Gasteiger partial charge >= 0.3 is 0 Å². The molecule has 0 saturated carbocycles. The lowest BCUT2D eigenvalue weighted by molar-refractivity contribution is 0.0694. The highest BCUT2D eigenvalue weighted by Crippen LogP contribution is 2.30. The van der Waals surface area contributed by atoms with Gasteiger partial charge < -0.3 is 20.5 Å². The summed E-state index contributed by atoms with van der Waals surface area (Å²) in [5.74, 6) is 0.986. The summed E-state index contributed by atoms with van der Waals surface area (Å²) in [6, 6.07) is 2.04. The summed E-state index contributed by atoms with van der Waals surface area (Å²) in [5.41, 5.74) is 5.73. The second-order valence-electron chi connectivity index (χ2n) is 4.47. The van der Waals surface area contributed by atoms with Crippen molar-refractivity contribution in [2.24, 2.45) is 0 Å². The van der Waals surface area contributed by atoms with Crippen molar-refractivity contribution in [2.45, 2.75) is 13.0 Å². The molecule has 6 nitrogen and oxygen atoms in total. The molecule has 0 aliphatic carbocycles. The van der Waals surface area contributed by atoms with Crippen LogP contribution in [0.4, 0.5) is 11.8 Å². The number of aliphatic hydroxyl groups excluding tert-OH is 1.